The molecule has 2 aromatic carbocycles. The molecule has 0 aromatic heterocycles. The summed E-state index contributed by atoms with van der Waals surface area (Å²) in [6, 6.07) is 19.6. The number of hydrogen-bond acceptors (Lipinski definition) is 2. The van der Waals surface area contributed by atoms with Gasteiger partial charge in [-0.2, -0.15) is 0 Å². The SMILES string of the molecule is CCCCCC(CC(=O)c1ccccc1)OCc1ccccc1. The molecule has 0 amide bonds. The van der Waals surface area contributed by atoms with Crippen LogP contribution in [-0.2, 0) is 11.3 Å². The van der Waals surface area contributed by atoms with Crippen LogP contribution in [0, 0.1) is 0 Å². The summed E-state index contributed by atoms with van der Waals surface area (Å²) in [5.41, 5.74) is 1.93. The van der Waals surface area contributed by atoms with E-state index in [-0.39, 0.29) is 11.9 Å². The quantitative estimate of drug-likeness (QED) is 0.432. The maximum absolute atomic E-state index is 12.4. The Bertz CT molecular complexity index is 563. The van der Waals surface area contributed by atoms with Crippen molar-refractivity contribution >= 4 is 5.78 Å². The van der Waals surface area contributed by atoms with Crippen LogP contribution in [0.5, 0.6) is 0 Å². The third-order valence-electron chi connectivity index (χ3n) is 3.97. The number of hydrogen-bond donors (Lipinski definition) is 0. The zero-order valence-corrected chi connectivity index (χ0v) is 13.9. The molecular weight excluding hydrogens is 284 g/mol. The van der Waals surface area contributed by atoms with Crippen molar-refractivity contribution in [3.05, 3.63) is 71.8 Å². The maximum atomic E-state index is 12.4. The van der Waals surface area contributed by atoms with Crippen molar-refractivity contribution in [2.45, 2.75) is 51.7 Å². The van der Waals surface area contributed by atoms with Crippen LogP contribution in [0.4, 0.5) is 0 Å². The third-order valence-corrected chi connectivity index (χ3v) is 3.97. The summed E-state index contributed by atoms with van der Waals surface area (Å²) in [4.78, 5) is 12.4. The first-order chi connectivity index (χ1) is 11.3. The van der Waals surface area contributed by atoms with E-state index < -0.39 is 0 Å². The van der Waals surface area contributed by atoms with Gasteiger partial charge in [0, 0.05) is 12.0 Å². The average molecular weight is 310 g/mol. The second kappa shape index (κ2) is 9.96. The molecule has 0 aliphatic heterocycles. The van der Waals surface area contributed by atoms with Crippen molar-refractivity contribution < 1.29 is 9.53 Å². The predicted octanol–water partition coefficient (Wildman–Crippen LogP) is 5.43. The van der Waals surface area contributed by atoms with Crippen LogP contribution < -0.4 is 0 Å². The number of benzene rings is 2. The van der Waals surface area contributed by atoms with Crippen LogP contribution in [0.1, 0.15) is 54.9 Å². The summed E-state index contributed by atoms with van der Waals surface area (Å²) in [5, 5.41) is 0. The minimum atomic E-state index is -0.00513. The fraction of sp³-hybridized carbons (Fsp3) is 0.381. The highest BCUT2D eigenvalue weighted by Crippen LogP contribution is 2.16. The first-order valence-corrected chi connectivity index (χ1v) is 8.53. The molecule has 0 saturated heterocycles. The van der Waals surface area contributed by atoms with Gasteiger partial charge in [0.25, 0.3) is 0 Å². The Morgan fingerprint density at radius 1 is 0.957 bits per heavy atom. The molecule has 0 aliphatic rings. The summed E-state index contributed by atoms with van der Waals surface area (Å²) < 4.78 is 6.05. The Morgan fingerprint density at radius 3 is 2.26 bits per heavy atom. The Morgan fingerprint density at radius 2 is 1.61 bits per heavy atom. The van der Waals surface area contributed by atoms with Crippen LogP contribution >= 0.6 is 0 Å². The highest BCUT2D eigenvalue weighted by Gasteiger charge is 2.15. The molecule has 0 aliphatic carbocycles. The molecule has 122 valence electrons. The summed E-state index contributed by atoms with van der Waals surface area (Å²) in [6.45, 7) is 2.76. The van der Waals surface area contributed by atoms with E-state index in [1.807, 2.05) is 48.5 Å². The van der Waals surface area contributed by atoms with E-state index >= 15 is 0 Å². The number of carbonyl (C=O) groups excluding carboxylic acids is 1. The zero-order chi connectivity index (χ0) is 16.3. The highest BCUT2D eigenvalue weighted by atomic mass is 16.5. The standard InChI is InChI=1S/C21H26O2/c1-2-3-6-15-20(23-17-18-11-7-4-8-12-18)16-21(22)19-13-9-5-10-14-19/h4-5,7-14,20H,2-3,6,15-17H2,1H3. The number of ketones is 1. The monoisotopic (exact) mass is 310 g/mol. The van der Waals surface area contributed by atoms with E-state index in [4.69, 9.17) is 4.74 Å². The molecule has 0 saturated carbocycles. The summed E-state index contributed by atoms with van der Waals surface area (Å²) >= 11 is 0. The molecule has 0 heterocycles. The lowest BCUT2D eigenvalue weighted by molar-refractivity contribution is 0.0277. The van der Waals surface area contributed by atoms with Gasteiger partial charge in [0.2, 0.25) is 0 Å². The Labute approximate surface area is 139 Å². The number of rotatable bonds is 10. The third kappa shape index (κ3) is 6.37. The zero-order valence-electron chi connectivity index (χ0n) is 13.9. The number of carbonyl (C=O) groups is 1. The second-order valence-corrected chi connectivity index (χ2v) is 5.91. The van der Waals surface area contributed by atoms with Crippen molar-refractivity contribution in [3.63, 3.8) is 0 Å². The van der Waals surface area contributed by atoms with Crippen molar-refractivity contribution in [2.24, 2.45) is 0 Å². The Kier molecular flexibility index (Phi) is 7.55. The smallest absolute Gasteiger partial charge is 0.165 e. The van der Waals surface area contributed by atoms with Crippen LogP contribution in [0.25, 0.3) is 0 Å². The van der Waals surface area contributed by atoms with E-state index in [2.05, 4.69) is 19.1 Å². The molecule has 2 aromatic rings. The fourth-order valence-corrected chi connectivity index (χ4v) is 2.60. The maximum Gasteiger partial charge on any atom is 0.165 e. The largest absolute Gasteiger partial charge is 0.373 e. The van der Waals surface area contributed by atoms with Gasteiger partial charge < -0.3 is 4.74 Å². The molecule has 0 radical (unpaired) electrons. The van der Waals surface area contributed by atoms with Crippen molar-refractivity contribution in [1.82, 2.24) is 0 Å². The van der Waals surface area contributed by atoms with Gasteiger partial charge in [-0.1, -0.05) is 86.8 Å². The van der Waals surface area contributed by atoms with Crippen molar-refractivity contribution in [2.75, 3.05) is 0 Å². The molecule has 1 unspecified atom stereocenters. The topological polar surface area (TPSA) is 26.3 Å². The Hall–Kier alpha value is -1.93. The molecule has 0 N–H and O–H groups in total. The molecule has 1 atom stereocenters. The minimum absolute atomic E-state index is 0.00513. The highest BCUT2D eigenvalue weighted by molar-refractivity contribution is 5.96. The first-order valence-electron chi connectivity index (χ1n) is 8.53. The molecule has 2 rings (SSSR count). The molecule has 23 heavy (non-hydrogen) atoms. The Balaban J connectivity index is 1.91. The van der Waals surface area contributed by atoms with Crippen molar-refractivity contribution in [3.8, 4) is 0 Å². The molecule has 2 nitrogen and oxygen atoms in total. The van der Waals surface area contributed by atoms with E-state index in [1.165, 1.54) is 12.8 Å². The predicted molar refractivity (Wildman–Crippen MR) is 94.6 cm³/mol. The molecule has 0 fully saturated rings. The lowest BCUT2D eigenvalue weighted by atomic mass is 10.0. The molecule has 0 spiro atoms. The normalized spacial score (nSPS) is 12.0. The number of unbranched alkanes of at least 4 members (excludes halogenated alkanes) is 2. The average Bonchev–Trinajstić information content (AvgIpc) is 2.61. The fourth-order valence-electron chi connectivity index (χ4n) is 2.60. The van der Waals surface area contributed by atoms with Gasteiger partial charge in [-0.3, -0.25) is 4.79 Å². The summed E-state index contributed by atoms with van der Waals surface area (Å²) in [5.74, 6) is 0.167. The van der Waals surface area contributed by atoms with Gasteiger partial charge in [-0.15, -0.1) is 0 Å². The van der Waals surface area contributed by atoms with Gasteiger partial charge in [0.15, 0.2) is 5.78 Å². The van der Waals surface area contributed by atoms with Crippen LogP contribution in [-0.4, -0.2) is 11.9 Å². The van der Waals surface area contributed by atoms with Gasteiger partial charge >= 0.3 is 0 Å². The number of Topliss-reactive ketones (excluding diaryl/α,β-unsaturated/α-hetero) is 1. The van der Waals surface area contributed by atoms with Gasteiger partial charge in [0.1, 0.15) is 0 Å². The van der Waals surface area contributed by atoms with Crippen LogP contribution in [0.15, 0.2) is 60.7 Å². The van der Waals surface area contributed by atoms with Gasteiger partial charge in [0.05, 0.1) is 12.7 Å². The molecule has 2 heteroatoms. The van der Waals surface area contributed by atoms with Crippen LogP contribution in [0.3, 0.4) is 0 Å². The molecular formula is C21H26O2. The summed E-state index contributed by atoms with van der Waals surface area (Å²) in [6.07, 6.45) is 4.87. The minimum Gasteiger partial charge on any atom is -0.373 e. The van der Waals surface area contributed by atoms with Crippen molar-refractivity contribution in [1.29, 1.82) is 0 Å². The molecule has 0 bridgehead atoms. The van der Waals surface area contributed by atoms with E-state index in [0.717, 1.165) is 24.0 Å². The van der Waals surface area contributed by atoms with Crippen LogP contribution in [0.2, 0.25) is 0 Å². The van der Waals surface area contributed by atoms with E-state index in [1.54, 1.807) is 0 Å². The van der Waals surface area contributed by atoms with E-state index in [0.29, 0.717) is 13.0 Å². The lowest BCUT2D eigenvalue weighted by Crippen LogP contribution is -2.18. The van der Waals surface area contributed by atoms with Gasteiger partial charge in [-0.25, -0.2) is 0 Å². The second-order valence-electron chi connectivity index (χ2n) is 5.91. The van der Waals surface area contributed by atoms with Gasteiger partial charge in [-0.05, 0) is 12.0 Å². The summed E-state index contributed by atoms with van der Waals surface area (Å²) in [7, 11) is 0. The lowest BCUT2D eigenvalue weighted by Gasteiger charge is -2.17. The first kappa shape index (κ1) is 17.4. The van der Waals surface area contributed by atoms with E-state index in [9.17, 15) is 4.79 Å². The number of ether oxygens (including phenoxy) is 1.